The Hall–Kier alpha value is -1.10. The molecule has 0 spiro atoms. The van der Waals surface area contributed by atoms with Crippen molar-refractivity contribution in [3.8, 4) is 0 Å². The lowest BCUT2D eigenvalue weighted by Crippen LogP contribution is -2.34. The van der Waals surface area contributed by atoms with Crippen molar-refractivity contribution in [3.63, 3.8) is 0 Å². The minimum absolute atomic E-state index is 0.0469. The molecule has 3 N–H and O–H groups in total. The highest BCUT2D eigenvalue weighted by atomic mass is 16.6. The zero-order valence-electron chi connectivity index (χ0n) is 11.7. The zero-order valence-corrected chi connectivity index (χ0v) is 11.7. The van der Waals surface area contributed by atoms with Crippen molar-refractivity contribution in [3.05, 3.63) is 0 Å². The highest BCUT2D eigenvalue weighted by Crippen LogP contribution is 2.31. The Morgan fingerprint density at radius 1 is 1.33 bits per heavy atom. The number of nitrogens with one attached hydrogen (secondary N) is 1. The van der Waals surface area contributed by atoms with E-state index in [4.69, 9.17) is 10.5 Å². The van der Waals surface area contributed by atoms with Crippen LogP contribution in [-0.2, 0) is 14.3 Å². The summed E-state index contributed by atoms with van der Waals surface area (Å²) >= 11 is 0. The van der Waals surface area contributed by atoms with Gasteiger partial charge in [-0.05, 0) is 39.5 Å². The molecule has 0 aliphatic heterocycles. The van der Waals surface area contributed by atoms with Gasteiger partial charge in [-0.15, -0.1) is 0 Å². The average molecular weight is 256 g/mol. The molecular weight excluding hydrogens is 232 g/mol. The van der Waals surface area contributed by atoms with E-state index in [2.05, 4.69) is 5.32 Å². The standard InChI is InChI=1S/C13H24N2O3/c1-8(16)15-7-10-5-9(6-11(10)14)12(17)18-13(2,3)4/h9-11H,5-7,14H2,1-4H3,(H,15,16)/t9-,10-,11+/m1/s1. The maximum absolute atomic E-state index is 11.9. The minimum atomic E-state index is -0.461. The third-order valence-electron chi connectivity index (χ3n) is 3.10. The molecule has 0 aromatic heterocycles. The summed E-state index contributed by atoms with van der Waals surface area (Å²) in [6.07, 6.45) is 1.33. The monoisotopic (exact) mass is 256 g/mol. The molecule has 0 unspecified atom stereocenters. The summed E-state index contributed by atoms with van der Waals surface area (Å²) in [5.74, 6) is -0.226. The van der Waals surface area contributed by atoms with Crippen LogP contribution in [-0.4, -0.2) is 30.1 Å². The number of rotatable bonds is 3. The Morgan fingerprint density at radius 3 is 2.44 bits per heavy atom. The van der Waals surface area contributed by atoms with Gasteiger partial charge in [0.05, 0.1) is 5.92 Å². The number of carbonyl (C=O) groups is 2. The lowest BCUT2D eigenvalue weighted by molar-refractivity contribution is -0.159. The number of hydrogen-bond acceptors (Lipinski definition) is 4. The van der Waals surface area contributed by atoms with Crippen molar-refractivity contribution >= 4 is 11.9 Å². The maximum atomic E-state index is 11.9. The van der Waals surface area contributed by atoms with Crippen LogP contribution >= 0.6 is 0 Å². The van der Waals surface area contributed by atoms with Gasteiger partial charge in [-0.1, -0.05) is 0 Å². The molecule has 5 heteroatoms. The van der Waals surface area contributed by atoms with Gasteiger partial charge in [0.2, 0.25) is 5.91 Å². The topological polar surface area (TPSA) is 81.4 Å². The van der Waals surface area contributed by atoms with Crippen molar-refractivity contribution in [2.75, 3.05) is 6.54 Å². The van der Waals surface area contributed by atoms with Gasteiger partial charge in [0, 0.05) is 19.5 Å². The van der Waals surface area contributed by atoms with Crippen molar-refractivity contribution in [1.82, 2.24) is 5.32 Å². The number of esters is 1. The molecule has 1 amide bonds. The first-order valence-electron chi connectivity index (χ1n) is 6.42. The molecule has 18 heavy (non-hydrogen) atoms. The van der Waals surface area contributed by atoms with Gasteiger partial charge in [-0.25, -0.2) is 0 Å². The van der Waals surface area contributed by atoms with Crippen LogP contribution in [0.2, 0.25) is 0 Å². The molecule has 0 radical (unpaired) electrons. The maximum Gasteiger partial charge on any atom is 0.309 e. The Balaban J connectivity index is 2.47. The van der Waals surface area contributed by atoms with Crippen LogP contribution in [0.25, 0.3) is 0 Å². The van der Waals surface area contributed by atoms with Gasteiger partial charge in [0.25, 0.3) is 0 Å². The molecule has 0 aromatic carbocycles. The summed E-state index contributed by atoms with van der Waals surface area (Å²) in [6, 6.07) is -0.0469. The van der Waals surface area contributed by atoms with Crippen molar-refractivity contribution in [2.24, 2.45) is 17.6 Å². The van der Waals surface area contributed by atoms with E-state index in [0.29, 0.717) is 19.4 Å². The molecule has 1 saturated carbocycles. The highest BCUT2D eigenvalue weighted by Gasteiger charge is 2.37. The molecule has 1 aliphatic rings. The normalized spacial score (nSPS) is 27.9. The lowest BCUT2D eigenvalue weighted by Gasteiger charge is -2.22. The largest absolute Gasteiger partial charge is 0.460 e. The summed E-state index contributed by atoms with van der Waals surface area (Å²) in [7, 11) is 0. The number of nitrogens with two attached hydrogens (primary N) is 1. The van der Waals surface area contributed by atoms with Gasteiger partial charge < -0.3 is 15.8 Å². The molecule has 0 heterocycles. The van der Waals surface area contributed by atoms with E-state index in [9.17, 15) is 9.59 Å². The predicted molar refractivity (Wildman–Crippen MR) is 68.7 cm³/mol. The van der Waals surface area contributed by atoms with Crippen LogP contribution < -0.4 is 11.1 Å². The number of carbonyl (C=O) groups excluding carboxylic acids is 2. The quantitative estimate of drug-likeness (QED) is 0.732. The Kier molecular flexibility index (Phi) is 4.73. The molecule has 1 rings (SSSR count). The van der Waals surface area contributed by atoms with Crippen LogP contribution in [0.4, 0.5) is 0 Å². The Bertz CT molecular complexity index is 323. The number of amides is 1. The molecule has 1 fully saturated rings. The van der Waals surface area contributed by atoms with Crippen LogP contribution in [0.1, 0.15) is 40.5 Å². The van der Waals surface area contributed by atoms with Crippen LogP contribution in [0.5, 0.6) is 0 Å². The second kappa shape index (κ2) is 5.69. The number of hydrogen-bond donors (Lipinski definition) is 2. The van der Waals surface area contributed by atoms with Gasteiger partial charge in [-0.2, -0.15) is 0 Å². The van der Waals surface area contributed by atoms with E-state index in [1.807, 2.05) is 20.8 Å². The molecule has 0 bridgehead atoms. The van der Waals surface area contributed by atoms with E-state index >= 15 is 0 Å². The van der Waals surface area contributed by atoms with Crippen LogP contribution in [0, 0.1) is 11.8 Å². The fraction of sp³-hybridized carbons (Fsp3) is 0.846. The molecule has 5 nitrogen and oxygen atoms in total. The lowest BCUT2D eigenvalue weighted by atomic mass is 10.0. The summed E-state index contributed by atoms with van der Waals surface area (Å²) in [4.78, 5) is 22.8. The summed E-state index contributed by atoms with van der Waals surface area (Å²) in [6.45, 7) is 7.58. The number of ether oxygens (including phenoxy) is 1. The first-order chi connectivity index (χ1) is 8.19. The first-order valence-corrected chi connectivity index (χ1v) is 6.42. The van der Waals surface area contributed by atoms with Crippen molar-refractivity contribution in [1.29, 1.82) is 0 Å². The molecule has 3 atom stereocenters. The Labute approximate surface area is 108 Å². The first kappa shape index (κ1) is 15.0. The summed E-state index contributed by atoms with van der Waals surface area (Å²) in [5, 5.41) is 2.75. The summed E-state index contributed by atoms with van der Waals surface area (Å²) < 4.78 is 5.36. The Morgan fingerprint density at radius 2 is 1.94 bits per heavy atom. The smallest absolute Gasteiger partial charge is 0.309 e. The SMILES string of the molecule is CC(=O)NC[C@H]1C[C@@H](C(=O)OC(C)(C)C)C[C@@H]1N. The third kappa shape index (κ3) is 4.64. The van der Waals surface area contributed by atoms with Crippen LogP contribution in [0.3, 0.4) is 0 Å². The van der Waals surface area contributed by atoms with Gasteiger partial charge in [0.1, 0.15) is 5.60 Å². The van der Waals surface area contributed by atoms with E-state index in [1.54, 1.807) is 0 Å². The second-order valence-electron chi connectivity index (χ2n) is 6.06. The molecule has 104 valence electrons. The molecule has 0 saturated heterocycles. The van der Waals surface area contributed by atoms with Gasteiger partial charge in [0.15, 0.2) is 0 Å². The fourth-order valence-electron chi connectivity index (χ4n) is 2.24. The van der Waals surface area contributed by atoms with Crippen LogP contribution in [0.15, 0.2) is 0 Å². The van der Waals surface area contributed by atoms with E-state index in [0.717, 1.165) is 0 Å². The van der Waals surface area contributed by atoms with Gasteiger partial charge >= 0.3 is 5.97 Å². The van der Waals surface area contributed by atoms with E-state index in [1.165, 1.54) is 6.92 Å². The molecular formula is C13H24N2O3. The van der Waals surface area contributed by atoms with E-state index in [-0.39, 0.29) is 29.8 Å². The summed E-state index contributed by atoms with van der Waals surface area (Å²) in [5.41, 5.74) is 5.54. The zero-order chi connectivity index (χ0) is 13.9. The minimum Gasteiger partial charge on any atom is -0.460 e. The molecule has 1 aliphatic carbocycles. The highest BCUT2D eigenvalue weighted by molar-refractivity contribution is 5.74. The third-order valence-corrected chi connectivity index (χ3v) is 3.10. The predicted octanol–water partition coefficient (Wildman–Crippen LogP) is 0.818. The van der Waals surface area contributed by atoms with Gasteiger partial charge in [-0.3, -0.25) is 9.59 Å². The second-order valence-corrected chi connectivity index (χ2v) is 6.06. The van der Waals surface area contributed by atoms with E-state index < -0.39 is 5.60 Å². The molecule has 0 aromatic rings. The van der Waals surface area contributed by atoms with Crippen molar-refractivity contribution in [2.45, 2.75) is 52.2 Å². The van der Waals surface area contributed by atoms with Crippen molar-refractivity contribution < 1.29 is 14.3 Å². The fourth-order valence-corrected chi connectivity index (χ4v) is 2.24. The average Bonchev–Trinajstić information content (AvgIpc) is 2.54.